The summed E-state index contributed by atoms with van der Waals surface area (Å²) >= 11 is 0. The summed E-state index contributed by atoms with van der Waals surface area (Å²) in [5.41, 5.74) is -0.0778. The average molecular weight is 249 g/mol. The molecule has 1 aliphatic rings. The van der Waals surface area contributed by atoms with Crippen LogP contribution in [-0.4, -0.2) is 19.4 Å². The van der Waals surface area contributed by atoms with Crippen molar-refractivity contribution in [2.45, 2.75) is 23.8 Å². The minimum absolute atomic E-state index is 0.0607. The van der Waals surface area contributed by atoms with Crippen LogP contribution in [0, 0.1) is 11.3 Å². The second-order valence-electron chi connectivity index (χ2n) is 3.72. The molecule has 2 rings (SSSR count). The van der Waals surface area contributed by atoms with Crippen LogP contribution in [0.1, 0.15) is 18.5 Å². The van der Waals surface area contributed by atoms with E-state index in [-0.39, 0.29) is 16.6 Å². The molecule has 88 valence electrons. The van der Waals surface area contributed by atoms with Gasteiger partial charge in [-0.15, -0.1) is 0 Å². The molecular weight excluding hydrogens is 238 g/mol. The van der Waals surface area contributed by atoms with Gasteiger partial charge in [0.15, 0.2) is 5.69 Å². The number of nitrogens with one attached hydrogen (secondary N) is 1. The van der Waals surface area contributed by atoms with Gasteiger partial charge in [-0.3, -0.25) is 0 Å². The highest BCUT2D eigenvalue weighted by atomic mass is 32.2. The van der Waals surface area contributed by atoms with Crippen molar-refractivity contribution in [3.05, 3.63) is 36.2 Å². The summed E-state index contributed by atoms with van der Waals surface area (Å²) in [5.74, 6) is 0. The van der Waals surface area contributed by atoms with E-state index in [0.29, 0.717) is 12.8 Å². The lowest BCUT2D eigenvalue weighted by molar-refractivity contribution is 0.557. The highest BCUT2D eigenvalue weighted by Gasteiger charge is 2.23. The first kappa shape index (κ1) is 11.8. The SMILES string of the molecule is N#Cc1ncccc1S(=O)(=O)NC1CC=CC1. The van der Waals surface area contributed by atoms with Crippen molar-refractivity contribution in [2.24, 2.45) is 0 Å². The Kier molecular flexibility index (Phi) is 3.22. The Morgan fingerprint density at radius 1 is 1.41 bits per heavy atom. The molecule has 0 aliphatic heterocycles. The number of nitrogens with zero attached hydrogens (tertiary/aromatic N) is 2. The molecule has 1 aromatic rings. The summed E-state index contributed by atoms with van der Waals surface area (Å²) in [6, 6.07) is 4.55. The summed E-state index contributed by atoms with van der Waals surface area (Å²) in [6.07, 6.45) is 6.63. The lowest BCUT2D eigenvalue weighted by Crippen LogP contribution is -2.33. The Labute approximate surface area is 99.8 Å². The molecule has 5 nitrogen and oxygen atoms in total. The van der Waals surface area contributed by atoms with Gasteiger partial charge in [0.2, 0.25) is 10.0 Å². The van der Waals surface area contributed by atoms with Crippen LogP contribution in [0.4, 0.5) is 0 Å². The topological polar surface area (TPSA) is 82.8 Å². The van der Waals surface area contributed by atoms with Gasteiger partial charge < -0.3 is 0 Å². The molecule has 0 atom stereocenters. The van der Waals surface area contributed by atoms with E-state index in [1.165, 1.54) is 18.3 Å². The molecule has 0 radical (unpaired) electrons. The van der Waals surface area contributed by atoms with Crippen LogP contribution in [-0.2, 0) is 10.0 Å². The number of sulfonamides is 1. The van der Waals surface area contributed by atoms with Crippen LogP contribution in [0.25, 0.3) is 0 Å². The van der Waals surface area contributed by atoms with Gasteiger partial charge in [-0.05, 0) is 25.0 Å². The van der Waals surface area contributed by atoms with Gasteiger partial charge in [-0.2, -0.15) is 5.26 Å². The second-order valence-corrected chi connectivity index (χ2v) is 5.41. The number of pyridine rings is 1. The minimum Gasteiger partial charge on any atom is -0.244 e. The zero-order valence-electron chi connectivity index (χ0n) is 9.00. The Hall–Kier alpha value is -1.71. The molecular formula is C11H11N3O2S. The number of hydrogen-bond acceptors (Lipinski definition) is 4. The van der Waals surface area contributed by atoms with Gasteiger partial charge in [0.1, 0.15) is 11.0 Å². The average Bonchev–Trinajstić information content (AvgIpc) is 2.81. The third-order valence-corrected chi connectivity index (χ3v) is 4.05. The monoisotopic (exact) mass is 249 g/mol. The Balaban J connectivity index is 2.28. The van der Waals surface area contributed by atoms with Crippen molar-refractivity contribution >= 4 is 10.0 Å². The molecule has 1 aliphatic carbocycles. The standard InChI is InChI=1S/C11H11N3O2S/c12-8-10-11(6-3-7-13-10)17(15,16)14-9-4-1-2-5-9/h1-3,6-7,9,14H,4-5H2. The molecule has 0 aromatic carbocycles. The first-order chi connectivity index (χ1) is 8.13. The van der Waals surface area contributed by atoms with Crippen LogP contribution >= 0.6 is 0 Å². The maximum absolute atomic E-state index is 12.0. The van der Waals surface area contributed by atoms with Crippen molar-refractivity contribution in [2.75, 3.05) is 0 Å². The Morgan fingerprint density at radius 2 is 2.12 bits per heavy atom. The van der Waals surface area contributed by atoms with Crippen molar-refractivity contribution in [3.63, 3.8) is 0 Å². The van der Waals surface area contributed by atoms with Crippen LogP contribution in [0.15, 0.2) is 35.4 Å². The molecule has 6 heteroatoms. The van der Waals surface area contributed by atoms with E-state index in [9.17, 15) is 8.42 Å². The van der Waals surface area contributed by atoms with Crippen LogP contribution in [0.2, 0.25) is 0 Å². The van der Waals surface area contributed by atoms with Gasteiger partial charge in [0.05, 0.1) is 0 Å². The van der Waals surface area contributed by atoms with Crippen LogP contribution < -0.4 is 4.72 Å². The fourth-order valence-corrected chi connectivity index (χ4v) is 3.06. The molecule has 0 amide bonds. The molecule has 1 heterocycles. The van der Waals surface area contributed by atoms with Crippen molar-refractivity contribution < 1.29 is 8.42 Å². The third kappa shape index (κ3) is 2.52. The predicted molar refractivity (Wildman–Crippen MR) is 61.4 cm³/mol. The second kappa shape index (κ2) is 4.65. The van der Waals surface area contributed by atoms with E-state index in [4.69, 9.17) is 5.26 Å². The predicted octanol–water partition coefficient (Wildman–Crippen LogP) is 0.950. The van der Waals surface area contributed by atoms with Crippen LogP contribution in [0.3, 0.4) is 0 Å². The van der Waals surface area contributed by atoms with Crippen molar-refractivity contribution in [1.29, 1.82) is 5.26 Å². The molecule has 1 aromatic heterocycles. The molecule has 17 heavy (non-hydrogen) atoms. The molecule has 0 spiro atoms. The molecule has 0 saturated heterocycles. The highest BCUT2D eigenvalue weighted by Crippen LogP contribution is 2.16. The normalized spacial score (nSPS) is 15.9. The van der Waals surface area contributed by atoms with Gasteiger partial charge in [0.25, 0.3) is 0 Å². The highest BCUT2D eigenvalue weighted by molar-refractivity contribution is 7.89. The quantitative estimate of drug-likeness (QED) is 0.808. The maximum Gasteiger partial charge on any atom is 0.243 e. The lowest BCUT2D eigenvalue weighted by atomic mass is 10.3. The number of nitriles is 1. The first-order valence-electron chi connectivity index (χ1n) is 5.16. The summed E-state index contributed by atoms with van der Waals surface area (Å²) < 4.78 is 26.6. The number of hydrogen-bond donors (Lipinski definition) is 1. The lowest BCUT2D eigenvalue weighted by Gasteiger charge is -2.12. The van der Waals surface area contributed by atoms with Gasteiger partial charge in [-0.25, -0.2) is 18.1 Å². The first-order valence-corrected chi connectivity index (χ1v) is 6.64. The number of aromatic nitrogens is 1. The molecule has 0 saturated carbocycles. The van der Waals surface area contributed by atoms with Crippen molar-refractivity contribution in [1.82, 2.24) is 9.71 Å². The molecule has 0 unspecified atom stereocenters. The molecule has 1 N–H and O–H groups in total. The van der Waals surface area contributed by atoms with E-state index in [0.717, 1.165) is 0 Å². The Bertz CT molecular complexity index is 579. The van der Waals surface area contributed by atoms with Gasteiger partial charge in [0, 0.05) is 12.2 Å². The van der Waals surface area contributed by atoms with Crippen LogP contribution in [0.5, 0.6) is 0 Å². The summed E-state index contributed by atoms with van der Waals surface area (Å²) in [6.45, 7) is 0. The van der Waals surface area contributed by atoms with E-state index in [2.05, 4.69) is 9.71 Å². The third-order valence-electron chi connectivity index (χ3n) is 2.50. The minimum atomic E-state index is -3.66. The van der Waals surface area contributed by atoms with E-state index in [1.54, 1.807) is 6.07 Å². The van der Waals surface area contributed by atoms with E-state index in [1.807, 2.05) is 12.2 Å². The summed E-state index contributed by atoms with van der Waals surface area (Å²) in [7, 11) is -3.66. The fourth-order valence-electron chi connectivity index (χ4n) is 1.69. The summed E-state index contributed by atoms with van der Waals surface area (Å²) in [5, 5.41) is 8.83. The fraction of sp³-hybridized carbons (Fsp3) is 0.273. The zero-order valence-corrected chi connectivity index (χ0v) is 9.81. The van der Waals surface area contributed by atoms with E-state index < -0.39 is 10.0 Å². The molecule has 0 fully saturated rings. The van der Waals surface area contributed by atoms with Gasteiger partial charge >= 0.3 is 0 Å². The van der Waals surface area contributed by atoms with Gasteiger partial charge in [-0.1, -0.05) is 12.2 Å². The maximum atomic E-state index is 12.0. The molecule has 0 bridgehead atoms. The van der Waals surface area contributed by atoms with E-state index >= 15 is 0 Å². The number of rotatable bonds is 3. The summed E-state index contributed by atoms with van der Waals surface area (Å²) in [4.78, 5) is 3.68. The smallest absolute Gasteiger partial charge is 0.243 e. The van der Waals surface area contributed by atoms with Crippen molar-refractivity contribution in [3.8, 4) is 6.07 Å². The Morgan fingerprint density at radius 3 is 2.76 bits per heavy atom. The zero-order chi connectivity index (χ0) is 12.3. The largest absolute Gasteiger partial charge is 0.244 e.